The number of aliphatic hydroxyl groups is 1. The van der Waals surface area contributed by atoms with Crippen molar-refractivity contribution >= 4 is 5.91 Å². The Labute approximate surface area is 176 Å². The van der Waals surface area contributed by atoms with Gasteiger partial charge in [0.25, 0.3) is 11.8 Å². The van der Waals surface area contributed by atoms with Crippen molar-refractivity contribution in [3.05, 3.63) is 52.2 Å². The highest BCUT2D eigenvalue weighted by Crippen LogP contribution is 2.43. The predicted molar refractivity (Wildman–Crippen MR) is 112 cm³/mol. The van der Waals surface area contributed by atoms with Crippen molar-refractivity contribution < 1.29 is 19.4 Å². The number of rotatable bonds is 6. The van der Waals surface area contributed by atoms with E-state index in [9.17, 15) is 9.90 Å². The molecule has 2 aliphatic heterocycles. The smallest absolute Gasteiger partial charge is 0.260 e. The van der Waals surface area contributed by atoms with Gasteiger partial charge in [-0.25, -0.2) is 4.98 Å². The van der Waals surface area contributed by atoms with E-state index in [0.717, 1.165) is 59.3 Å². The van der Waals surface area contributed by atoms with E-state index in [1.807, 2.05) is 50.1 Å². The normalized spacial score (nSPS) is 18.7. The standard InChI is InChI=1S/C24H28N2O4/c1-14-11-25-22-20(29-13-30-22)18(14)10-9-15-5-4-6-17-12-26(23(27)19(15)17)21(16-7-8-16)24(2,3)28/h4-6,11,16,21,28H,7-10,12-13H2,1-3H3/t21-/m0/s1. The van der Waals surface area contributed by atoms with Crippen LogP contribution in [0, 0.1) is 12.8 Å². The van der Waals surface area contributed by atoms with Gasteiger partial charge >= 0.3 is 0 Å². The third-order valence-corrected chi connectivity index (χ3v) is 6.54. The van der Waals surface area contributed by atoms with Gasteiger partial charge in [0.15, 0.2) is 5.75 Å². The molecule has 1 aromatic carbocycles. The zero-order valence-corrected chi connectivity index (χ0v) is 17.8. The number of hydrogen-bond acceptors (Lipinski definition) is 5. The number of hydrogen-bond donors (Lipinski definition) is 1. The van der Waals surface area contributed by atoms with Gasteiger partial charge in [0.05, 0.1) is 11.6 Å². The van der Waals surface area contributed by atoms with Crippen LogP contribution in [0.25, 0.3) is 0 Å². The Morgan fingerprint density at radius 2 is 2.07 bits per heavy atom. The first kappa shape index (κ1) is 19.4. The molecule has 1 aromatic heterocycles. The van der Waals surface area contributed by atoms with Gasteiger partial charge in [0, 0.05) is 23.9 Å². The minimum atomic E-state index is -0.912. The molecule has 3 aliphatic rings. The van der Waals surface area contributed by atoms with Crippen LogP contribution in [0.4, 0.5) is 0 Å². The summed E-state index contributed by atoms with van der Waals surface area (Å²) in [7, 11) is 0. The van der Waals surface area contributed by atoms with Crippen LogP contribution in [0.1, 0.15) is 59.3 Å². The maximum absolute atomic E-state index is 13.5. The van der Waals surface area contributed by atoms with Crippen LogP contribution in [0.3, 0.4) is 0 Å². The van der Waals surface area contributed by atoms with Crippen molar-refractivity contribution in [2.24, 2.45) is 5.92 Å². The molecule has 1 aliphatic carbocycles. The first-order chi connectivity index (χ1) is 14.3. The highest BCUT2D eigenvalue weighted by molar-refractivity contribution is 6.00. The van der Waals surface area contributed by atoms with Crippen molar-refractivity contribution in [1.82, 2.24) is 9.88 Å². The summed E-state index contributed by atoms with van der Waals surface area (Å²) in [4.78, 5) is 19.7. The molecule has 1 atom stereocenters. The second-order valence-electron chi connectivity index (χ2n) is 9.28. The molecule has 1 saturated carbocycles. The number of carbonyl (C=O) groups is 1. The number of aromatic nitrogens is 1. The average molecular weight is 408 g/mol. The van der Waals surface area contributed by atoms with Gasteiger partial charge in [0.2, 0.25) is 6.79 Å². The molecule has 0 spiro atoms. The summed E-state index contributed by atoms with van der Waals surface area (Å²) < 4.78 is 11.1. The fourth-order valence-corrected chi connectivity index (χ4v) is 5.08. The second-order valence-corrected chi connectivity index (χ2v) is 9.28. The van der Waals surface area contributed by atoms with E-state index < -0.39 is 5.60 Å². The Morgan fingerprint density at radius 3 is 2.80 bits per heavy atom. The Bertz CT molecular complexity index is 1010. The molecule has 1 amide bonds. The summed E-state index contributed by atoms with van der Waals surface area (Å²) in [5.41, 5.74) is 4.16. The lowest BCUT2D eigenvalue weighted by atomic mass is 9.92. The lowest BCUT2D eigenvalue weighted by Crippen LogP contribution is -2.51. The zero-order chi connectivity index (χ0) is 21.0. The molecule has 6 nitrogen and oxygen atoms in total. The van der Waals surface area contributed by atoms with E-state index in [4.69, 9.17) is 9.47 Å². The molecule has 158 valence electrons. The van der Waals surface area contributed by atoms with Crippen molar-refractivity contribution in [3.63, 3.8) is 0 Å². The number of carbonyl (C=O) groups excluding carboxylic acids is 1. The molecular formula is C24H28N2O4. The zero-order valence-electron chi connectivity index (χ0n) is 17.8. The number of nitrogens with zero attached hydrogens (tertiary/aromatic N) is 2. The Morgan fingerprint density at radius 1 is 1.27 bits per heavy atom. The number of benzene rings is 1. The highest BCUT2D eigenvalue weighted by atomic mass is 16.7. The maximum Gasteiger partial charge on any atom is 0.260 e. The van der Waals surface area contributed by atoms with E-state index in [1.165, 1.54) is 0 Å². The van der Waals surface area contributed by atoms with Crippen molar-refractivity contribution in [1.29, 1.82) is 0 Å². The first-order valence-corrected chi connectivity index (χ1v) is 10.7. The van der Waals surface area contributed by atoms with Crippen LogP contribution in [0.2, 0.25) is 0 Å². The predicted octanol–water partition coefficient (Wildman–Crippen LogP) is 3.41. The van der Waals surface area contributed by atoms with Gasteiger partial charge in [-0.3, -0.25) is 4.79 Å². The van der Waals surface area contributed by atoms with Crippen molar-refractivity contribution in [2.45, 2.75) is 64.6 Å². The van der Waals surface area contributed by atoms with E-state index >= 15 is 0 Å². The number of aryl methyl sites for hydroxylation is 2. The number of amides is 1. The third-order valence-electron chi connectivity index (χ3n) is 6.54. The number of fused-ring (bicyclic) bond motifs is 2. The number of ether oxygens (including phenoxy) is 2. The summed E-state index contributed by atoms with van der Waals surface area (Å²) in [6.45, 7) is 6.44. The van der Waals surface area contributed by atoms with Gasteiger partial charge in [-0.1, -0.05) is 18.2 Å². The van der Waals surface area contributed by atoms with Crippen LogP contribution >= 0.6 is 0 Å². The molecule has 0 bridgehead atoms. The van der Waals surface area contributed by atoms with Crippen LogP contribution in [-0.2, 0) is 19.4 Å². The maximum atomic E-state index is 13.5. The molecule has 0 radical (unpaired) electrons. The fourth-order valence-electron chi connectivity index (χ4n) is 5.08. The topological polar surface area (TPSA) is 71.9 Å². The molecule has 30 heavy (non-hydrogen) atoms. The van der Waals surface area contributed by atoms with Gasteiger partial charge in [-0.2, -0.15) is 0 Å². The van der Waals surface area contributed by atoms with Crippen LogP contribution in [-0.4, -0.2) is 39.3 Å². The van der Waals surface area contributed by atoms with Gasteiger partial charge in [0.1, 0.15) is 0 Å². The quantitative estimate of drug-likeness (QED) is 0.793. The summed E-state index contributed by atoms with van der Waals surface area (Å²) >= 11 is 0. The Hall–Kier alpha value is -2.60. The van der Waals surface area contributed by atoms with E-state index in [-0.39, 0.29) is 18.7 Å². The van der Waals surface area contributed by atoms with Crippen LogP contribution in [0.5, 0.6) is 11.6 Å². The minimum absolute atomic E-state index is 0.0517. The Balaban J connectivity index is 1.42. The molecule has 2 aromatic rings. The summed E-state index contributed by atoms with van der Waals surface area (Å²) in [6.07, 6.45) is 5.46. The van der Waals surface area contributed by atoms with Crippen LogP contribution < -0.4 is 9.47 Å². The highest BCUT2D eigenvalue weighted by Gasteiger charge is 2.48. The first-order valence-electron chi connectivity index (χ1n) is 10.7. The van der Waals surface area contributed by atoms with Crippen molar-refractivity contribution in [2.75, 3.05) is 6.79 Å². The SMILES string of the molecule is Cc1cnc2c(c1CCc1cccc3c1C(=O)N([C@@H](C1CC1)C(C)(C)O)C3)OCO2. The second kappa shape index (κ2) is 6.98. The van der Waals surface area contributed by atoms with E-state index in [1.54, 1.807) is 0 Å². The summed E-state index contributed by atoms with van der Waals surface area (Å²) in [6, 6.07) is 5.98. The summed E-state index contributed by atoms with van der Waals surface area (Å²) in [5, 5.41) is 10.8. The minimum Gasteiger partial charge on any atom is -0.451 e. The van der Waals surface area contributed by atoms with Crippen LogP contribution in [0.15, 0.2) is 24.4 Å². The van der Waals surface area contributed by atoms with E-state index in [0.29, 0.717) is 18.3 Å². The molecule has 0 unspecified atom stereocenters. The molecule has 1 N–H and O–H groups in total. The van der Waals surface area contributed by atoms with Gasteiger partial charge < -0.3 is 19.5 Å². The van der Waals surface area contributed by atoms with E-state index in [2.05, 4.69) is 4.98 Å². The van der Waals surface area contributed by atoms with Crippen molar-refractivity contribution in [3.8, 4) is 11.6 Å². The molecule has 1 fully saturated rings. The molecular weight excluding hydrogens is 380 g/mol. The monoisotopic (exact) mass is 408 g/mol. The molecule has 6 heteroatoms. The number of pyridine rings is 1. The molecule has 0 saturated heterocycles. The lowest BCUT2D eigenvalue weighted by Gasteiger charge is -2.37. The third kappa shape index (κ3) is 3.23. The largest absolute Gasteiger partial charge is 0.451 e. The van der Waals surface area contributed by atoms with Gasteiger partial charge in [-0.05, 0) is 69.1 Å². The molecule has 5 rings (SSSR count). The average Bonchev–Trinajstić information content (AvgIpc) is 3.29. The fraction of sp³-hybridized carbons (Fsp3) is 0.500. The lowest BCUT2D eigenvalue weighted by molar-refractivity contribution is -0.0224. The Kier molecular flexibility index (Phi) is 4.51. The van der Waals surface area contributed by atoms with Gasteiger partial charge in [-0.15, -0.1) is 0 Å². The molecule has 3 heterocycles. The summed E-state index contributed by atoms with van der Waals surface area (Å²) in [5.74, 6) is 1.72.